The number of aliphatic hydroxyl groups excluding tert-OH is 3. The maximum atomic E-state index is 13.5. The summed E-state index contributed by atoms with van der Waals surface area (Å²) in [5.74, 6) is -1.66. The van der Waals surface area contributed by atoms with E-state index in [2.05, 4.69) is 0 Å². The largest absolute Gasteiger partial charge is 0.455 e. The van der Waals surface area contributed by atoms with E-state index in [9.17, 15) is 25.2 Å². The zero-order chi connectivity index (χ0) is 26.4. The van der Waals surface area contributed by atoms with Crippen molar-refractivity contribution in [1.82, 2.24) is 0 Å². The summed E-state index contributed by atoms with van der Waals surface area (Å²) >= 11 is 0. The summed E-state index contributed by atoms with van der Waals surface area (Å²) in [5.41, 5.74) is -2.43. The molecule has 1 aromatic carbocycles. The van der Waals surface area contributed by atoms with E-state index in [1.165, 1.54) is 0 Å². The molecule has 1 aliphatic heterocycles. The molecule has 0 radical (unpaired) electrons. The van der Waals surface area contributed by atoms with Crippen molar-refractivity contribution < 1.29 is 34.7 Å². The van der Waals surface area contributed by atoms with Crippen molar-refractivity contribution in [3.63, 3.8) is 0 Å². The first-order chi connectivity index (χ1) is 16.7. The first-order valence-electron chi connectivity index (χ1n) is 13.1. The van der Waals surface area contributed by atoms with Crippen LogP contribution in [0.15, 0.2) is 41.5 Å². The van der Waals surface area contributed by atoms with Gasteiger partial charge in [-0.2, -0.15) is 0 Å². The van der Waals surface area contributed by atoms with Crippen LogP contribution >= 0.6 is 0 Å². The smallest absolute Gasteiger partial charge is 0.338 e. The molecule has 0 aromatic heterocycles. The third-order valence-electron chi connectivity index (χ3n) is 10.6. The lowest BCUT2D eigenvalue weighted by Crippen LogP contribution is -2.77. The maximum absolute atomic E-state index is 13.5. The SMILES string of the molecule is CC1=C2[C@@H](C)[C@H](O)[C@@]3(C)[C@H]([C@H](OC(=O)c4ccccc4)[C@](O)(C[C@@H]1O)C2(C)C)[C@]1(C)CO[C@@H]1C[C@@H]3O. The Hall–Kier alpha value is -1.77. The van der Waals surface area contributed by atoms with Crippen LogP contribution in [0.5, 0.6) is 0 Å². The minimum atomic E-state index is -1.66. The predicted octanol–water partition coefficient (Wildman–Crippen LogP) is 2.85. The summed E-state index contributed by atoms with van der Waals surface area (Å²) in [6.45, 7) is 11.8. The Morgan fingerprint density at radius 2 is 1.72 bits per heavy atom. The van der Waals surface area contributed by atoms with Gasteiger partial charge in [0.1, 0.15) is 11.7 Å². The molecule has 7 heteroatoms. The molecule has 1 saturated heterocycles. The first kappa shape index (κ1) is 25.9. The van der Waals surface area contributed by atoms with Crippen LogP contribution in [0.2, 0.25) is 0 Å². The molecule has 1 aromatic rings. The molecule has 3 aliphatic carbocycles. The molecule has 10 atom stereocenters. The number of fused-ring (bicyclic) bond motifs is 5. The summed E-state index contributed by atoms with van der Waals surface area (Å²) < 4.78 is 12.2. The molecule has 0 amide bonds. The second-order valence-corrected chi connectivity index (χ2v) is 12.7. The van der Waals surface area contributed by atoms with Crippen molar-refractivity contribution in [2.45, 2.75) is 90.5 Å². The minimum Gasteiger partial charge on any atom is -0.455 e. The van der Waals surface area contributed by atoms with Crippen LogP contribution in [0.3, 0.4) is 0 Å². The lowest BCUT2D eigenvalue weighted by atomic mass is 9.41. The Bertz CT molecular complexity index is 1080. The highest BCUT2D eigenvalue weighted by Crippen LogP contribution is 2.67. The van der Waals surface area contributed by atoms with Crippen molar-refractivity contribution >= 4 is 5.97 Å². The fourth-order valence-electron chi connectivity index (χ4n) is 8.42. The van der Waals surface area contributed by atoms with E-state index in [1.807, 2.05) is 47.6 Å². The monoisotopic (exact) mass is 500 g/mol. The minimum absolute atomic E-state index is 0.0187. The van der Waals surface area contributed by atoms with Gasteiger partial charge in [0.25, 0.3) is 0 Å². The number of hydrogen-bond acceptors (Lipinski definition) is 7. The molecule has 0 spiro atoms. The summed E-state index contributed by atoms with van der Waals surface area (Å²) in [6.07, 6.45) is -3.96. The summed E-state index contributed by atoms with van der Waals surface area (Å²) in [6, 6.07) is 8.63. The van der Waals surface area contributed by atoms with Crippen LogP contribution in [-0.2, 0) is 9.47 Å². The Morgan fingerprint density at radius 3 is 2.31 bits per heavy atom. The highest BCUT2D eigenvalue weighted by Gasteiger charge is 2.74. The van der Waals surface area contributed by atoms with Gasteiger partial charge in [-0.1, -0.05) is 58.4 Å². The second kappa shape index (κ2) is 8.11. The summed E-state index contributed by atoms with van der Waals surface area (Å²) in [4.78, 5) is 13.5. The van der Waals surface area contributed by atoms with Crippen LogP contribution in [0.4, 0.5) is 0 Å². The average Bonchev–Trinajstić information content (AvgIpc) is 2.83. The molecule has 36 heavy (non-hydrogen) atoms. The van der Waals surface area contributed by atoms with Crippen molar-refractivity contribution in [3.8, 4) is 0 Å². The van der Waals surface area contributed by atoms with E-state index in [4.69, 9.17) is 9.47 Å². The molecular weight excluding hydrogens is 460 g/mol. The molecule has 7 nitrogen and oxygen atoms in total. The average molecular weight is 501 g/mol. The van der Waals surface area contributed by atoms with Gasteiger partial charge in [-0.3, -0.25) is 0 Å². The van der Waals surface area contributed by atoms with Crippen molar-refractivity contribution in [2.24, 2.45) is 28.1 Å². The van der Waals surface area contributed by atoms with Gasteiger partial charge < -0.3 is 29.9 Å². The van der Waals surface area contributed by atoms with Gasteiger partial charge in [0, 0.05) is 40.9 Å². The molecule has 4 aliphatic rings. The second-order valence-electron chi connectivity index (χ2n) is 12.7. The molecular formula is C29H40O7. The molecule has 2 saturated carbocycles. The van der Waals surface area contributed by atoms with Crippen LogP contribution < -0.4 is 0 Å². The standard InChI is InChI=1S/C29H40O7/c1-15-18(30)13-29(34)24(36-25(33)17-10-8-7-9-11-17)22-27(5)14-35-20(27)12-19(31)28(22,6)23(32)16(2)21(15)26(29,3)4/h7-11,16,18-20,22-24,30-32,34H,12-14H2,1-6H3/t16-,18+,19+,20-,22-,23+,24+,27-,28-,29-/m1/s1. The number of carbonyl (C=O) groups is 1. The van der Waals surface area contributed by atoms with Gasteiger partial charge in [0.2, 0.25) is 0 Å². The predicted molar refractivity (Wildman–Crippen MR) is 133 cm³/mol. The van der Waals surface area contributed by atoms with E-state index in [1.54, 1.807) is 24.3 Å². The first-order valence-corrected chi connectivity index (χ1v) is 13.1. The number of aliphatic hydroxyl groups is 4. The lowest BCUT2D eigenvalue weighted by molar-refractivity contribution is -0.335. The Labute approximate surface area is 213 Å². The Balaban J connectivity index is 1.77. The van der Waals surface area contributed by atoms with Gasteiger partial charge in [-0.05, 0) is 24.6 Å². The number of benzene rings is 1. The van der Waals surface area contributed by atoms with Gasteiger partial charge >= 0.3 is 5.97 Å². The molecule has 4 N–H and O–H groups in total. The Kier molecular flexibility index (Phi) is 5.83. The van der Waals surface area contributed by atoms with E-state index < -0.39 is 64.1 Å². The highest BCUT2D eigenvalue weighted by molar-refractivity contribution is 5.89. The van der Waals surface area contributed by atoms with Gasteiger partial charge in [-0.15, -0.1) is 0 Å². The number of ether oxygens (including phenoxy) is 2. The molecule has 3 fully saturated rings. The topological polar surface area (TPSA) is 116 Å². The van der Waals surface area contributed by atoms with E-state index >= 15 is 0 Å². The molecule has 5 rings (SSSR count). The third kappa shape index (κ3) is 3.13. The fraction of sp³-hybridized carbons (Fsp3) is 0.690. The molecule has 2 bridgehead atoms. The quantitative estimate of drug-likeness (QED) is 0.364. The highest BCUT2D eigenvalue weighted by atomic mass is 16.6. The zero-order valence-corrected chi connectivity index (χ0v) is 22.1. The van der Waals surface area contributed by atoms with E-state index in [0.29, 0.717) is 24.2 Å². The lowest BCUT2D eigenvalue weighted by Gasteiger charge is -2.69. The van der Waals surface area contributed by atoms with Gasteiger partial charge in [-0.25, -0.2) is 4.79 Å². The summed E-state index contributed by atoms with van der Waals surface area (Å²) in [7, 11) is 0. The van der Waals surface area contributed by atoms with Crippen LogP contribution in [0.1, 0.15) is 64.7 Å². The van der Waals surface area contributed by atoms with Crippen molar-refractivity contribution in [3.05, 3.63) is 47.0 Å². The van der Waals surface area contributed by atoms with E-state index in [-0.39, 0.29) is 12.5 Å². The van der Waals surface area contributed by atoms with Crippen molar-refractivity contribution in [1.29, 1.82) is 0 Å². The normalized spacial score (nSPS) is 47.6. The number of hydrogen-bond donors (Lipinski definition) is 4. The van der Waals surface area contributed by atoms with Gasteiger partial charge in [0.15, 0.2) is 0 Å². The zero-order valence-electron chi connectivity index (χ0n) is 22.1. The molecule has 198 valence electrons. The van der Waals surface area contributed by atoms with E-state index in [0.717, 1.165) is 5.57 Å². The van der Waals surface area contributed by atoms with Crippen LogP contribution in [-0.4, -0.2) is 69.1 Å². The number of carbonyl (C=O) groups excluding carboxylic acids is 1. The molecule has 1 heterocycles. The summed E-state index contributed by atoms with van der Waals surface area (Å²) in [5, 5.41) is 47.4. The maximum Gasteiger partial charge on any atom is 0.338 e. The van der Waals surface area contributed by atoms with Crippen LogP contribution in [0.25, 0.3) is 0 Å². The Morgan fingerprint density at radius 1 is 1.08 bits per heavy atom. The third-order valence-corrected chi connectivity index (χ3v) is 10.6. The number of rotatable bonds is 2. The van der Waals surface area contributed by atoms with Crippen LogP contribution in [0, 0.1) is 28.1 Å². The van der Waals surface area contributed by atoms with Gasteiger partial charge in [0.05, 0.1) is 36.6 Å². The number of esters is 1. The van der Waals surface area contributed by atoms with Crippen molar-refractivity contribution in [2.75, 3.05) is 6.61 Å². The fourth-order valence-corrected chi connectivity index (χ4v) is 8.42. The molecule has 0 unspecified atom stereocenters.